The Kier molecular flexibility index (Phi) is 6.18. The number of amides is 2. The molecule has 0 aliphatic carbocycles. The number of benzene rings is 2. The van der Waals surface area contributed by atoms with Crippen LogP contribution >= 0.6 is 0 Å². The number of hydrogen-bond donors (Lipinski definition) is 3. The van der Waals surface area contributed by atoms with Gasteiger partial charge in [-0.2, -0.15) is 0 Å². The van der Waals surface area contributed by atoms with E-state index in [4.69, 9.17) is 10.5 Å². The van der Waals surface area contributed by atoms with Gasteiger partial charge in [0.1, 0.15) is 0 Å². The molecule has 1 fully saturated rings. The number of nitrogens with zero attached hydrogens (tertiary/aromatic N) is 2. The molecule has 0 radical (unpaired) electrons. The first kappa shape index (κ1) is 20.5. The van der Waals surface area contributed by atoms with E-state index in [0.717, 1.165) is 12.8 Å². The molecule has 0 unspecified atom stereocenters. The third-order valence-corrected chi connectivity index (χ3v) is 5.02. The molecule has 0 bridgehead atoms. The van der Waals surface area contributed by atoms with Crippen molar-refractivity contribution >= 4 is 23.3 Å². The summed E-state index contributed by atoms with van der Waals surface area (Å²) in [5, 5.41) is 5.80. The van der Waals surface area contributed by atoms with Crippen molar-refractivity contribution < 1.29 is 20.0 Å². The van der Waals surface area contributed by atoms with E-state index in [9.17, 15) is 9.59 Å². The van der Waals surface area contributed by atoms with Crippen LogP contribution in [0.1, 0.15) is 39.4 Å². The lowest BCUT2D eigenvalue weighted by atomic mass is 10.1. The first-order chi connectivity index (χ1) is 15.1. The van der Waals surface area contributed by atoms with E-state index in [-0.39, 0.29) is 29.2 Å². The highest BCUT2D eigenvalue weighted by molar-refractivity contribution is 6.06. The highest BCUT2D eigenvalue weighted by Crippen LogP contribution is 2.21. The predicted molar refractivity (Wildman–Crippen MR) is 126 cm³/mol. The minimum atomic E-state index is -0.452. The number of aromatic nitrogens is 2. The molecular formula is C23H31N5O3. The quantitative estimate of drug-likeness (QED) is 0.571. The normalized spacial score (nSPS) is 14.1. The highest BCUT2D eigenvalue weighted by Gasteiger charge is 2.18. The zero-order valence-corrected chi connectivity index (χ0v) is 16.9. The van der Waals surface area contributed by atoms with E-state index in [1.807, 2.05) is 24.3 Å². The maximum absolute atomic E-state index is 12.7. The van der Waals surface area contributed by atoms with Crippen LogP contribution in [-0.4, -0.2) is 41.0 Å². The van der Waals surface area contributed by atoms with Crippen LogP contribution in [-0.2, 0) is 4.74 Å². The van der Waals surface area contributed by atoms with E-state index in [0.29, 0.717) is 35.7 Å². The summed E-state index contributed by atoms with van der Waals surface area (Å²) in [7, 11) is 0. The molecule has 1 aliphatic rings. The summed E-state index contributed by atoms with van der Waals surface area (Å²) in [5.74, 6) is -0.573. The fraction of sp³-hybridized carbons (Fsp3) is 0.217. The molecule has 166 valence electrons. The largest absolute Gasteiger partial charge is 0.382 e. The number of rotatable bonds is 5. The van der Waals surface area contributed by atoms with Gasteiger partial charge in [0.2, 0.25) is 0 Å². The summed E-state index contributed by atoms with van der Waals surface area (Å²) >= 11 is 0. The molecule has 0 spiro atoms. The summed E-state index contributed by atoms with van der Waals surface area (Å²) < 4.78 is 5.33. The highest BCUT2D eigenvalue weighted by atomic mass is 16.5. The third-order valence-electron chi connectivity index (χ3n) is 5.02. The molecule has 3 aromatic rings. The van der Waals surface area contributed by atoms with Gasteiger partial charge in [-0.15, -0.1) is 0 Å². The van der Waals surface area contributed by atoms with Gasteiger partial charge in [-0.1, -0.05) is 30.3 Å². The number of nitrogen functional groups attached to an aromatic ring is 1. The number of ether oxygens (including phenoxy) is 1. The number of nitrogens with two attached hydrogens (primary N) is 1. The zero-order chi connectivity index (χ0) is 21.6. The van der Waals surface area contributed by atoms with E-state index in [1.165, 1.54) is 6.20 Å². The first-order valence-electron chi connectivity index (χ1n) is 10.1. The molecule has 1 saturated heterocycles. The fourth-order valence-electron chi connectivity index (χ4n) is 3.35. The van der Waals surface area contributed by atoms with Crippen LogP contribution < -0.4 is 16.4 Å². The Bertz CT molecular complexity index is 1100. The number of nitrogens with one attached hydrogen (secondary N) is 2. The average Bonchev–Trinajstić information content (AvgIpc) is 2.81. The van der Waals surface area contributed by atoms with Crippen LogP contribution in [0.4, 0.5) is 11.5 Å². The minimum absolute atomic E-state index is 0. The Morgan fingerprint density at radius 3 is 2.58 bits per heavy atom. The summed E-state index contributed by atoms with van der Waals surface area (Å²) in [6, 6.07) is 16.2. The topological polar surface area (TPSA) is 119 Å². The van der Waals surface area contributed by atoms with Crippen LogP contribution in [0.5, 0.6) is 0 Å². The Morgan fingerprint density at radius 2 is 1.81 bits per heavy atom. The maximum atomic E-state index is 12.7. The minimum Gasteiger partial charge on any atom is -0.382 e. The monoisotopic (exact) mass is 425 g/mol. The van der Waals surface area contributed by atoms with Crippen LogP contribution in [0.2, 0.25) is 0 Å². The fourth-order valence-corrected chi connectivity index (χ4v) is 3.35. The number of hydrogen-bond acceptors (Lipinski definition) is 6. The van der Waals surface area contributed by atoms with Crippen molar-refractivity contribution in [1.82, 2.24) is 15.3 Å². The second kappa shape index (κ2) is 9.36. The van der Waals surface area contributed by atoms with E-state index < -0.39 is 5.91 Å². The van der Waals surface area contributed by atoms with Gasteiger partial charge in [0.15, 0.2) is 11.5 Å². The molecule has 0 saturated carbocycles. The molecule has 4 rings (SSSR count). The van der Waals surface area contributed by atoms with Crippen molar-refractivity contribution in [3.05, 3.63) is 72.1 Å². The van der Waals surface area contributed by atoms with Crippen molar-refractivity contribution in [3.63, 3.8) is 0 Å². The van der Waals surface area contributed by atoms with Crippen molar-refractivity contribution in [2.45, 2.75) is 18.9 Å². The molecule has 2 aromatic carbocycles. The predicted octanol–water partition coefficient (Wildman–Crippen LogP) is 3.87. The van der Waals surface area contributed by atoms with Crippen molar-refractivity contribution in [2.24, 2.45) is 0 Å². The summed E-state index contributed by atoms with van der Waals surface area (Å²) in [6.45, 7) is 1.31. The lowest BCUT2D eigenvalue weighted by Gasteiger charge is -2.23. The first-order valence-corrected chi connectivity index (χ1v) is 10.1. The standard InChI is InChI=1S/C23H23N5O3.4H2/c24-21-20(23(30)27-17-7-2-1-3-8-17)28-19(14-25-21)15-5-4-6-16(13-15)22(29)26-18-9-11-31-12-10-18;;;;/h1-8,13-14,18H,9-12H2,(H2,24,25)(H,26,29)(H,27,30);4*1H. The van der Waals surface area contributed by atoms with Crippen molar-refractivity contribution in [1.29, 1.82) is 0 Å². The second-order valence-electron chi connectivity index (χ2n) is 7.25. The van der Waals surface area contributed by atoms with Gasteiger partial charge < -0.3 is 21.1 Å². The SMILES string of the molecule is Nc1ncc(-c2cccc(C(=O)NC3CCOCC3)c2)nc1C(=O)Nc1ccccc1.[HH].[HH].[HH].[HH]. The van der Waals surface area contributed by atoms with Crippen molar-refractivity contribution in [3.8, 4) is 11.3 Å². The Balaban J connectivity index is 0.00000289. The molecule has 8 heteroatoms. The molecule has 0 atom stereocenters. The van der Waals surface area contributed by atoms with Gasteiger partial charge in [0, 0.05) is 41.8 Å². The number of anilines is 2. The van der Waals surface area contributed by atoms with Gasteiger partial charge in [-0.3, -0.25) is 9.59 Å². The smallest absolute Gasteiger partial charge is 0.278 e. The van der Waals surface area contributed by atoms with Crippen LogP contribution in [0.3, 0.4) is 0 Å². The molecule has 8 nitrogen and oxygen atoms in total. The molecule has 31 heavy (non-hydrogen) atoms. The van der Waals surface area contributed by atoms with E-state index in [1.54, 1.807) is 30.3 Å². The number of carbonyl (C=O) groups is 2. The summed E-state index contributed by atoms with van der Waals surface area (Å²) in [5.41, 5.74) is 8.18. The Labute approximate surface area is 185 Å². The van der Waals surface area contributed by atoms with Crippen LogP contribution in [0.15, 0.2) is 60.8 Å². The van der Waals surface area contributed by atoms with E-state index in [2.05, 4.69) is 20.6 Å². The molecule has 1 aromatic heterocycles. The maximum Gasteiger partial charge on any atom is 0.278 e. The Morgan fingerprint density at radius 1 is 1.03 bits per heavy atom. The third kappa shape index (κ3) is 5.04. The van der Waals surface area contributed by atoms with Gasteiger partial charge in [0.05, 0.1) is 11.9 Å². The van der Waals surface area contributed by atoms with Crippen LogP contribution in [0, 0.1) is 0 Å². The van der Waals surface area contributed by atoms with Gasteiger partial charge in [0.25, 0.3) is 11.8 Å². The molecule has 4 N–H and O–H groups in total. The van der Waals surface area contributed by atoms with Crippen molar-refractivity contribution in [2.75, 3.05) is 24.3 Å². The van der Waals surface area contributed by atoms with Gasteiger partial charge in [-0.05, 0) is 37.1 Å². The molecule has 2 amide bonds. The number of carbonyl (C=O) groups excluding carboxylic acids is 2. The lowest BCUT2D eigenvalue weighted by molar-refractivity contribution is 0.0696. The van der Waals surface area contributed by atoms with Crippen LogP contribution in [0.25, 0.3) is 11.3 Å². The molecular weight excluding hydrogens is 394 g/mol. The lowest BCUT2D eigenvalue weighted by Crippen LogP contribution is -2.38. The second-order valence-corrected chi connectivity index (χ2v) is 7.25. The van der Waals surface area contributed by atoms with E-state index >= 15 is 0 Å². The molecule has 2 heterocycles. The zero-order valence-electron chi connectivity index (χ0n) is 16.9. The number of para-hydroxylation sites is 1. The molecule has 1 aliphatic heterocycles. The summed E-state index contributed by atoms with van der Waals surface area (Å²) in [4.78, 5) is 33.8. The van der Waals surface area contributed by atoms with Gasteiger partial charge >= 0.3 is 0 Å². The average molecular weight is 426 g/mol. The summed E-state index contributed by atoms with van der Waals surface area (Å²) in [6.07, 6.45) is 3.09. The Hall–Kier alpha value is -3.78. The van der Waals surface area contributed by atoms with Gasteiger partial charge in [-0.25, -0.2) is 9.97 Å².